The van der Waals surface area contributed by atoms with E-state index < -0.39 is 0 Å². The van der Waals surface area contributed by atoms with Gasteiger partial charge in [-0.2, -0.15) is 0 Å². The van der Waals surface area contributed by atoms with Gasteiger partial charge in [0.1, 0.15) is 11.7 Å². The van der Waals surface area contributed by atoms with Gasteiger partial charge in [-0.15, -0.1) is 0 Å². The molecule has 0 saturated heterocycles. The summed E-state index contributed by atoms with van der Waals surface area (Å²) in [5.74, 6) is 0.251. The van der Waals surface area contributed by atoms with E-state index in [2.05, 4.69) is 51.9 Å². The third-order valence-electron chi connectivity index (χ3n) is 5.27. The van der Waals surface area contributed by atoms with E-state index in [1.54, 1.807) is 17.2 Å². The Morgan fingerprint density at radius 2 is 2.10 bits per heavy atom. The predicted octanol–water partition coefficient (Wildman–Crippen LogP) is 3.20. The fourth-order valence-electron chi connectivity index (χ4n) is 3.56. The van der Waals surface area contributed by atoms with Crippen LogP contribution in [-0.2, 0) is 6.54 Å². The van der Waals surface area contributed by atoms with Crippen LogP contribution >= 0.6 is 15.9 Å². The highest BCUT2D eigenvalue weighted by molar-refractivity contribution is 9.10. The summed E-state index contributed by atoms with van der Waals surface area (Å²) in [6.45, 7) is 5.86. The average Bonchev–Trinajstić information content (AvgIpc) is 2.71. The first-order valence-electron chi connectivity index (χ1n) is 9.85. The molecule has 0 spiro atoms. The fraction of sp³-hybridized carbons (Fsp3) is 0.455. The average molecular weight is 462 g/mol. The number of hydrogen-bond acceptors (Lipinski definition) is 5. The number of ether oxygens (including phenoxy) is 1. The van der Waals surface area contributed by atoms with Crippen LogP contribution in [-0.4, -0.2) is 64.7 Å². The molecule has 7 heteroatoms. The summed E-state index contributed by atoms with van der Waals surface area (Å²) in [4.78, 5) is 21.4. The summed E-state index contributed by atoms with van der Waals surface area (Å²) in [6, 6.07) is 11.8. The smallest absolute Gasteiger partial charge is 0.259 e. The van der Waals surface area contributed by atoms with E-state index in [-0.39, 0.29) is 30.6 Å². The molecule has 1 amide bonds. The Morgan fingerprint density at radius 3 is 2.79 bits per heavy atom. The van der Waals surface area contributed by atoms with Gasteiger partial charge < -0.3 is 14.7 Å². The molecule has 1 aromatic carbocycles. The lowest BCUT2D eigenvalue weighted by molar-refractivity contribution is 0.0325. The van der Waals surface area contributed by atoms with Crippen LogP contribution in [0.1, 0.15) is 29.8 Å². The maximum atomic E-state index is 13.1. The number of carbonyl (C=O) groups excluding carboxylic acids is 1. The Balaban J connectivity index is 1.85. The minimum absolute atomic E-state index is 0.0739. The normalized spacial score (nSPS) is 20.6. The number of carbonyl (C=O) groups is 1. The van der Waals surface area contributed by atoms with Crippen molar-refractivity contribution in [2.45, 2.75) is 32.5 Å². The van der Waals surface area contributed by atoms with Crippen LogP contribution in [0.2, 0.25) is 0 Å². The lowest BCUT2D eigenvalue weighted by Crippen LogP contribution is -2.49. The molecule has 3 rings (SSSR count). The zero-order valence-corrected chi connectivity index (χ0v) is 18.7. The molecule has 6 nitrogen and oxygen atoms in total. The van der Waals surface area contributed by atoms with E-state index in [4.69, 9.17) is 4.74 Å². The molecule has 29 heavy (non-hydrogen) atoms. The molecule has 1 aromatic heterocycles. The van der Waals surface area contributed by atoms with E-state index in [9.17, 15) is 9.90 Å². The van der Waals surface area contributed by atoms with E-state index in [0.29, 0.717) is 24.5 Å². The largest absolute Gasteiger partial charge is 0.472 e. The van der Waals surface area contributed by atoms with E-state index >= 15 is 0 Å². The van der Waals surface area contributed by atoms with E-state index in [1.165, 1.54) is 5.56 Å². The second kappa shape index (κ2) is 9.69. The number of nitrogens with zero attached hydrogens (tertiary/aromatic N) is 3. The van der Waals surface area contributed by atoms with Crippen molar-refractivity contribution in [1.29, 1.82) is 0 Å². The number of amides is 1. The number of aliphatic hydroxyl groups is 1. The maximum absolute atomic E-state index is 13.1. The van der Waals surface area contributed by atoms with Crippen molar-refractivity contribution in [3.8, 4) is 5.88 Å². The van der Waals surface area contributed by atoms with Crippen LogP contribution in [0.3, 0.4) is 0 Å². The molecule has 0 bridgehead atoms. The zero-order chi connectivity index (χ0) is 21.0. The number of aromatic nitrogens is 1. The molecule has 1 aliphatic heterocycles. The summed E-state index contributed by atoms with van der Waals surface area (Å²) in [6.07, 6.45) is 1.50. The van der Waals surface area contributed by atoms with Crippen LogP contribution < -0.4 is 4.74 Å². The van der Waals surface area contributed by atoms with Crippen molar-refractivity contribution in [3.63, 3.8) is 0 Å². The molecule has 156 valence electrons. The minimum atomic E-state index is -0.280. The SMILES string of the molecule is C[C@H]1CN([C@@H](C)CO)C(=O)c2cc(Br)cnc2O[C@@H]1CN(C)Cc1ccccc1. The Morgan fingerprint density at radius 1 is 1.38 bits per heavy atom. The summed E-state index contributed by atoms with van der Waals surface area (Å²) >= 11 is 3.39. The molecule has 0 saturated carbocycles. The van der Waals surface area contributed by atoms with Gasteiger partial charge in [0, 0.05) is 36.2 Å². The second-order valence-electron chi connectivity index (χ2n) is 7.81. The molecule has 0 radical (unpaired) electrons. The summed E-state index contributed by atoms with van der Waals surface area (Å²) < 4.78 is 6.98. The van der Waals surface area contributed by atoms with Gasteiger partial charge in [0.15, 0.2) is 0 Å². The molecule has 0 unspecified atom stereocenters. The highest BCUT2D eigenvalue weighted by Gasteiger charge is 2.34. The summed E-state index contributed by atoms with van der Waals surface area (Å²) in [7, 11) is 2.07. The molecule has 2 heterocycles. The standard InChI is InChI=1S/C22H28BrN3O3/c1-15-11-26(16(2)14-27)22(28)19-9-18(23)10-24-21(19)29-20(15)13-25(3)12-17-7-5-4-6-8-17/h4-10,15-16,20,27H,11-14H2,1-3H3/t15-,16-,20+/m0/s1. The van der Waals surface area contributed by atoms with E-state index in [0.717, 1.165) is 11.0 Å². The number of hydrogen-bond donors (Lipinski definition) is 1. The number of benzene rings is 1. The Bertz CT molecular complexity index is 833. The molecule has 3 atom stereocenters. The van der Waals surface area contributed by atoms with Crippen LogP contribution in [0.5, 0.6) is 5.88 Å². The summed E-state index contributed by atoms with van der Waals surface area (Å²) in [5.41, 5.74) is 1.66. The Hall–Kier alpha value is -1.96. The molecular weight excluding hydrogens is 434 g/mol. The monoisotopic (exact) mass is 461 g/mol. The maximum Gasteiger partial charge on any atom is 0.259 e. The van der Waals surface area contributed by atoms with Crippen LogP contribution in [0.25, 0.3) is 0 Å². The highest BCUT2D eigenvalue weighted by atomic mass is 79.9. The van der Waals surface area contributed by atoms with Crippen molar-refractivity contribution in [1.82, 2.24) is 14.8 Å². The van der Waals surface area contributed by atoms with Crippen molar-refractivity contribution < 1.29 is 14.6 Å². The molecule has 2 aromatic rings. The van der Waals surface area contributed by atoms with Gasteiger partial charge in [-0.1, -0.05) is 37.3 Å². The minimum Gasteiger partial charge on any atom is -0.472 e. The van der Waals surface area contributed by atoms with Gasteiger partial charge in [0.05, 0.1) is 12.6 Å². The molecule has 0 aliphatic carbocycles. The van der Waals surface area contributed by atoms with Crippen molar-refractivity contribution >= 4 is 21.8 Å². The Labute approximate surface area is 180 Å². The third kappa shape index (κ3) is 5.35. The quantitative estimate of drug-likeness (QED) is 0.715. The van der Waals surface area contributed by atoms with Gasteiger partial charge >= 0.3 is 0 Å². The van der Waals surface area contributed by atoms with E-state index in [1.807, 2.05) is 25.1 Å². The van der Waals surface area contributed by atoms with Crippen molar-refractivity contribution in [2.75, 3.05) is 26.7 Å². The zero-order valence-electron chi connectivity index (χ0n) is 17.1. The van der Waals surface area contributed by atoms with Crippen LogP contribution in [0.15, 0.2) is 47.1 Å². The van der Waals surface area contributed by atoms with Crippen LogP contribution in [0.4, 0.5) is 0 Å². The summed E-state index contributed by atoms with van der Waals surface area (Å²) in [5, 5.41) is 9.67. The predicted molar refractivity (Wildman–Crippen MR) is 116 cm³/mol. The van der Waals surface area contributed by atoms with Gasteiger partial charge in [-0.3, -0.25) is 9.69 Å². The molecular formula is C22H28BrN3O3. The first-order valence-corrected chi connectivity index (χ1v) is 10.6. The Kier molecular flexibility index (Phi) is 7.27. The van der Waals surface area contributed by atoms with Gasteiger partial charge in [0.25, 0.3) is 5.91 Å². The number of likely N-dealkylation sites (N-methyl/N-ethyl adjacent to an activating group) is 1. The number of halogens is 1. The second-order valence-corrected chi connectivity index (χ2v) is 8.73. The van der Waals surface area contributed by atoms with Gasteiger partial charge in [-0.25, -0.2) is 4.98 Å². The highest BCUT2D eigenvalue weighted by Crippen LogP contribution is 2.28. The van der Waals surface area contributed by atoms with Gasteiger partial charge in [0.2, 0.25) is 5.88 Å². The first kappa shape index (κ1) is 21.7. The molecule has 0 fully saturated rings. The number of pyridine rings is 1. The van der Waals surface area contributed by atoms with Crippen LogP contribution in [0, 0.1) is 5.92 Å². The molecule has 1 aliphatic rings. The lowest BCUT2D eigenvalue weighted by Gasteiger charge is -2.37. The first-order chi connectivity index (χ1) is 13.9. The fourth-order valence-corrected chi connectivity index (χ4v) is 3.89. The van der Waals surface area contributed by atoms with Gasteiger partial charge in [-0.05, 0) is 41.5 Å². The number of fused-ring (bicyclic) bond motifs is 1. The number of rotatable bonds is 6. The van der Waals surface area contributed by atoms with Crippen molar-refractivity contribution in [2.24, 2.45) is 5.92 Å². The van der Waals surface area contributed by atoms with Crippen molar-refractivity contribution in [3.05, 3.63) is 58.2 Å². The third-order valence-corrected chi connectivity index (χ3v) is 5.71. The topological polar surface area (TPSA) is 65.9 Å². The lowest BCUT2D eigenvalue weighted by atomic mass is 10.00. The number of aliphatic hydroxyl groups excluding tert-OH is 1. The molecule has 1 N–H and O–H groups in total.